The van der Waals surface area contributed by atoms with Gasteiger partial charge in [0.1, 0.15) is 72.1 Å². The van der Waals surface area contributed by atoms with Crippen molar-refractivity contribution in [3.63, 3.8) is 0 Å². The summed E-state index contributed by atoms with van der Waals surface area (Å²) in [6.45, 7) is 8.98. The van der Waals surface area contributed by atoms with Crippen molar-refractivity contribution in [1.82, 2.24) is 51.0 Å². The molecule has 0 unspecified atom stereocenters. The van der Waals surface area contributed by atoms with Crippen LogP contribution in [0.1, 0.15) is 32.6 Å². The molecule has 6 aromatic rings. The molecule has 28 heteroatoms. The Balaban J connectivity index is 0.000000197. The third-order valence-electron chi connectivity index (χ3n) is 15.1. The van der Waals surface area contributed by atoms with Gasteiger partial charge >= 0.3 is 43.0 Å². The number of nitrogens with zero attached hydrogens (tertiary/aromatic N) is 6. The van der Waals surface area contributed by atoms with Crippen molar-refractivity contribution in [2.45, 2.75) is 80.1 Å². The summed E-state index contributed by atoms with van der Waals surface area (Å²) in [4.78, 5) is 126. The number of hydrogen-bond donors (Lipinski definition) is 5. The molecular weight excluding hydrogens is 1120 g/mol. The van der Waals surface area contributed by atoms with Gasteiger partial charge in [0.05, 0.1) is 51.5 Å². The number of rotatable bonds is 17. The first-order chi connectivity index (χ1) is 39.6. The van der Waals surface area contributed by atoms with Gasteiger partial charge in [-0.3, -0.25) is 19.2 Å². The normalized spacial score (nSPS) is 26.1. The Morgan fingerprint density at radius 1 is 0.679 bits per heavy atom. The Bertz CT molecular complexity index is 3560. The molecule has 0 bridgehead atoms. The van der Waals surface area contributed by atoms with Gasteiger partial charge in [0.2, 0.25) is 35.4 Å². The van der Waals surface area contributed by atoms with Crippen LogP contribution in [0.4, 0.5) is 9.59 Å². The standard InChI is InChI=1S/C29H29N5O7S.C27H25N5O7S.Li.H2O/c1-3-16-13-29(16,27(37)39-4-2)33-24(35)21-12-17(14-34(21)26(36)20-15-40-28(38)32-20)41-25-23(22-10-7-11-42-22)30-18-8-5-6-9-19(18)31-25;1-2-14-11-27(14,25(35)36)31-22(33)19-10-15(12-32(19)24(34)18-13-38-26(37)30-18)39-23-21(20-8-5-9-40-20)28-16-6-3-4-7-17(16)29-23;;/h3,5-11,16-17,20-21H,1,4,12-15H2,2H3,(H,32,38)(H,33,35);2-9,14-15,18-19H,1,10-13H2,(H,30,37)(H,31,33)(H,35,36);;1H2/q;;+1;/p-1/t16-,17-,20+,21+,29-;14-,15-,18+,19+,27-;;/m11../s1. The Morgan fingerprint density at radius 3 is 1.45 bits per heavy atom. The molecule has 0 spiro atoms. The summed E-state index contributed by atoms with van der Waals surface area (Å²) in [5, 5.41) is 24.0. The van der Waals surface area contributed by atoms with Gasteiger partial charge in [-0.15, -0.1) is 35.8 Å². The van der Waals surface area contributed by atoms with E-state index in [1.807, 2.05) is 83.6 Å². The van der Waals surface area contributed by atoms with Crippen molar-refractivity contribution in [1.29, 1.82) is 0 Å². The van der Waals surface area contributed by atoms with Crippen LogP contribution in [0.3, 0.4) is 0 Å². The van der Waals surface area contributed by atoms with Gasteiger partial charge in [-0.1, -0.05) is 48.6 Å². The molecule has 2 aliphatic carbocycles. The third kappa shape index (κ3) is 11.9. The molecule has 6 N–H and O–H groups in total. The van der Waals surface area contributed by atoms with Crippen molar-refractivity contribution in [2.24, 2.45) is 11.8 Å². The van der Waals surface area contributed by atoms with Crippen molar-refractivity contribution < 1.29 is 91.5 Å². The summed E-state index contributed by atoms with van der Waals surface area (Å²) in [5.41, 5.74) is 1.05. The molecule has 2 aromatic carbocycles. The van der Waals surface area contributed by atoms with Crippen molar-refractivity contribution >= 4 is 92.5 Å². The maximum atomic E-state index is 13.7. The zero-order chi connectivity index (χ0) is 57.5. The summed E-state index contributed by atoms with van der Waals surface area (Å²) in [6, 6.07) is 18.5. The first kappa shape index (κ1) is 60.1. The molecule has 4 saturated heterocycles. The monoisotopic (exact) mass is 1180 g/mol. The van der Waals surface area contributed by atoms with Gasteiger partial charge in [0.15, 0.2) is 0 Å². The number of nitrogens with one attached hydrogen (secondary N) is 4. The summed E-state index contributed by atoms with van der Waals surface area (Å²) >= 11 is 2.96. The Morgan fingerprint density at radius 2 is 1.10 bits per heavy atom. The zero-order valence-corrected chi connectivity index (χ0v) is 47.0. The van der Waals surface area contributed by atoms with Gasteiger partial charge in [-0.05, 0) is 66.9 Å². The van der Waals surface area contributed by atoms with E-state index >= 15 is 0 Å². The minimum atomic E-state index is -1.46. The molecule has 84 heavy (non-hydrogen) atoms. The molecular formula is C56H55LiN10O15S2. The number of aromatic nitrogens is 4. The number of benzene rings is 2. The second-order valence-electron chi connectivity index (χ2n) is 20.3. The van der Waals surface area contributed by atoms with E-state index in [9.17, 15) is 43.5 Å². The number of likely N-dealkylation sites (tertiary alicyclic amines) is 2. The number of cyclic esters (lactones) is 2. The third-order valence-corrected chi connectivity index (χ3v) is 16.8. The van der Waals surface area contributed by atoms with Crippen LogP contribution in [0.2, 0.25) is 0 Å². The number of carboxylic acids is 1. The molecule has 10 atom stereocenters. The van der Waals surface area contributed by atoms with Crippen LogP contribution in [0.5, 0.6) is 11.8 Å². The summed E-state index contributed by atoms with van der Waals surface area (Å²) in [6.07, 6.45) is 1.13. The van der Waals surface area contributed by atoms with Gasteiger partial charge in [0.25, 0.3) is 0 Å². The number of carbonyl (C=O) groups is 8. The second-order valence-corrected chi connectivity index (χ2v) is 22.2. The Hall–Kier alpha value is -8.48. The summed E-state index contributed by atoms with van der Waals surface area (Å²) < 4.78 is 27.7. The van der Waals surface area contributed by atoms with E-state index in [-0.39, 0.29) is 94.2 Å². The average Bonchev–Trinajstić information content (AvgIpc) is 2.29. The van der Waals surface area contributed by atoms with Gasteiger partial charge in [-0.25, -0.2) is 39.1 Å². The average molecular weight is 1180 g/mol. The number of amides is 6. The Labute approximate surface area is 499 Å². The molecule has 0 radical (unpaired) electrons. The van der Waals surface area contributed by atoms with Crippen LogP contribution >= 0.6 is 22.7 Å². The largest absolute Gasteiger partial charge is 1.00 e. The molecule has 6 aliphatic rings. The smallest absolute Gasteiger partial charge is 0.870 e. The van der Waals surface area contributed by atoms with E-state index in [2.05, 4.69) is 39.4 Å². The number of hydrogen-bond acceptors (Lipinski definition) is 20. The van der Waals surface area contributed by atoms with Crippen LogP contribution in [-0.4, -0.2) is 168 Å². The Kier molecular flexibility index (Phi) is 17.7. The van der Waals surface area contributed by atoms with Crippen molar-refractivity contribution in [2.75, 3.05) is 32.9 Å². The molecule has 4 aromatic heterocycles. The number of carbonyl (C=O) groups excluding carboxylic acids is 7. The number of thiophene rings is 2. The first-order valence-electron chi connectivity index (χ1n) is 26.3. The number of fused-ring (bicyclic) bond motifs is 2. The number of ether oxygens (including phenoxy) is 5. The molecule has 2 saturated carbocycles. The fourth-order valence-corrected chi connectivity index (χ4v) is 12.1. The second kappa shape index (κ2) is 24.8. The number of para-hydroxylation sites is 4. The number of alkyl carbamates (subject to hydrolysis) is 2. The topological polar surface area (TPSA) is 339 Å². The molecule has 432 valence electrons. The van der Waals surface area contributed by atoms with E-state index in [0.717, 1.165) is 9.75 Å². The SMILES string of the molecule is C=C[C@@H]1C[C@]1(NC(=O)[C@@H]1C[C@@H](Oc2nc3ccccc3nc2-c2cccs2)CN1C(=O)[C@@H]1COC(=O)N1)C(=O)O.C=C[C@@H]1C[C@]1(NC(=O)[C@@H]1C[C@@H](Oc2nc3ccccc3nc2-c2cccs2)CN1C(=O)[C@@H]1COC(=O)N1)C(=O)OCC.[Li+].[OH-]. The number of carboxylic acid groups (broad SMARTS) is 1. The maximum absolute atomic E-state index is 13.7. The molecule has 12 rings (SSSR count). The van der Waals surface area contributed by atoms with E-state index in [1.54, 1.807) is 13.0 Å². The molecule has 6 fully saturated rings. The van der Waals surface area contributed by atoms with E-state index in [1.165, 1.54) is 38.5 Å². The summed E-state index contributed by atoms with van der Waals surface area (Å²) in [5.74, 6) is -4.06. The zero-order valence-electron chi connectivity index (χ0n) is 45.3. The quantitative estimate of drug-likeness (QED) is 0.0371. The fraction of sp³-hybridized carbons (Fsp3) is 0.357. The fourth-order valence-electron chi connectivity index (χ4n) is 10.7. The van der Waals surface area contributed by atoms with Crippen LogP contribution in [-0.2, 0) is 43.0 Å². The van der Waals surface area contributed by atoms with E-state index in [0.29, 0.717) is 39.9 Å². The first-order valence-corrected chi connectivity index (χ1v) is 28.1. The van der Waals surface area contributed by atoms with Crippen LogP contribution in [0, 0.1) is 11.8 Å². The summed E-state index contributed by atoms with van der Waals surface area (Å²) in [7, 11) is 0. The van der Waals surface area contributed by atoms with Gasteiger partial charge in [0, 0.05) is 24.7 Å². The number of esters is 1. The predicted octanol–water partition coefficient (Wildman–Crippen LogP) is 1.23. The van der Waals surface area contributed by atoms with Crippen molar-refractivity contribution in [3.05, 3.63) is 109 Å². The van der Waals surface area contributed by atoms with E-state index in [4.69, 9.17) is 38.6 Å². The van der Waals surface area contributed by atoms with Crippen molar-refractivity contribution in [3.8, 4) is 32.9 Å². The van der Waals surface area contributed by atoms with Crippen LogP contribution < -0.4 is 49.6 Å². The van der Waals surface area contributed by atoms with E-state index < -0.39 is 101 Å². The van der Waals surface area contributed by atoms with Crippen LogP contribution in [0.25, 0.3) is 43.2 Å². The molecule has 8 heterocycles. The van der Waals surface area contributed by atoms with Gasteiger partial charge < -0.3 is 65.3 Å². The maximum Gasteiger partial charge on any atom is 1.00 e. The molecule has 25 nitrogen and oxygen atoms in total. The molecule has 4 aliphatic heterocycles. The number of aliphatic carboxylic acids is 1. The minimum absolute atomic E-state index is 0. The van der Waals surface area contributed by atoms with Crippen LogP contribution in [0.15, 0.2) is 109 Å². The predicted molar refractivity (Wildman–Crippen MR) is 296 cm³/mol. The van der Waals surface area contributed by atoms with Gasteiger partial charge in [-0.2, -0.15) is 0 Å². The molecule has 6 amide bonds. The minimum Gasteiger partial charge on any atom is -0.870 e.